The van der Waals surface area contributed by atoms with Gasteiger partial charge in [-0.2, -0.15) is 0 Å². The zero-order chi connectivity index (χ0) is 26.9. The Morgan fingerprint density at radius 3 is 2.58 bits per heavy atom. The Bertz CT molecular complexity index is 1030. The van der Waals surface area contributed by atoms with Gasteiger partial charge >= 0.3 is 12.1 Å². The van der Waals surface area contributed by atoms with Crippen molar-refractivity contribution in [2.24, 2.45) is 11.8 Å². The molecule has 0 aromatic heterocycles. The number of aliphatic carboxylic acids is 1. The number of morpholine rings is 1. The Morgan fingerprint density at radius 2 is 1.84 bits per heavy atom. The third kappa shape index (κ3) is 4.31. The summed E-state index contributed by atoms with van der Waals surface area (Å²) in [6.07, 6.45) is 4.88. The summed E-state index contributed by atoms with van der Waals surface area (Å²) in [6, 6.07) is -0.945. The first kappa shape index (κ1) is 26.0. The van der Waals surface area contributed by atoms with Crippen LogP contribution in [0.3, 0.4) is 0 Å². The van der Waals surface area contributed by atoms with Gasteiger partial charge in [0.25, 0.3) is 0 Å². The summed E-state index contributed by atoms with van der Waals surface area (Å²) in [5.74, 6) is -2.22. The number of carbonyl (C=O) groups is 3. The van der Waals surface area contributed by atoms with Crippen LogP contribution in [-0.2, 0) is 19.1 Å². The summed E-state index contributed by atoms with van der Waals surface area (Å²) >= 11 is 0. The highest BCUT2D eigenvalue weighted by atomic mass is 19.1. The van der Waals surface area contributed by atoms with E-state index in [0.29, 0.717) is 19.6 Å². The zero-order valence-electron chi connectivity index (χ0n) is 22.6. The molecule has 5 fully saturated rings. The predicted octanol–water partition coefficient (Wildman–Crippen LogP) is 2.98. The van der Waals surface area contributed by atoms with Crippen molar-refractivity contribution in [3.63, 3.8) is 0 Å². The average Bonchev–Trinajstić information content (AvgIpc) is 3.28. The second-order valence-corrected chi connectivity index (χ2v) is 13.1. The monoisotopic (exact) mass is 533 g/mol. The molecule has 4 aliphatic heterocycles. The van der Waals surface area contributed by atoms with Gasteiger partial charge in [-0.1, -0.05) is 12.8 Å². The van der Waals surface area contributed by atoms with Crippen molar-refractivity contribution in [1.29, 1.82) is 0 Å². The number of fused-ring (bicyclic) bond motifs is 3. The summed E-state index contributed by atoms with van der Waals surface area (Å²) in [5, 5.41) is 9.75. The molecule has 38 heavy (non-hydrogen) atoms. The summed E-state index contributed by atoms with van der Waals surface area (Å²) in [6.45, 7) is 7.43. The first-order valence-corrected chi connectivity index (χ1v) is 14.3. The molecule has 10 heteroatoms. The molecule has 3 saturated heterocycles. The number of amides is 1. The fourth-order valence-corrected chi connectivity index (χ4v) is 8.15. The normalized spacial score (nSPS) is 41.1. The lowest BCUT2D eigenvalue weighted by atomic mass is 9.69. The number of carbonyl (C=O) groups excluding carboxylic acids is 2. The van der Waals surface area contributed by atoms with Crippen molar-refractivity contribution >= 4 is 17.8 Å². The highest BCUT2D eigenvalue weighted by molar-refractivity contribution is 6.18. The van der Waals surface area contributed by atoms with Crippen LogP contribution in [0.5, 0.6) is 0 Å². The van der Waals surface area contributed by atoms with Gasteiger partial charge in [0.15, 0.2) is 5.78 Å². The number of alkyl halides is 1. The van der Waals surface area contributed by atoms with Crippen molar-refractivity contribution in [3.8, 4) is 0 Å². The fraction of sp³-hybridized carbons (Fsp3) is 0.821. The average molecular weight is 534 g/mol. The summed E-state index contributed by atoms with van der Waals surface area (Å²) < 4.78 is 28.6. The van der Waals surface area contributed by atoms with Crippen molar-refractivity contribution < 1.29 is 33.4 Å². The van der Waals surface area contributed by atoms with E-state index in [-0.39, 0.29) is 48.2 Å². The Balaban J connectivity index is 1.29. The van der Waals surface area contributed by atoms with Gasteiger partial charge < -0.3 is 24.4 Å². The third-order valence-electron chi connectivity index (χ3n) is 9.63. The maximum absolute atomic E-state index is 16.2. The predicted molar refractivity (Wildman–Crippen MR) is 135 cm³/mol. The van der Waals surface area contributed by atoms with Crippen LogP contribution in [0.25, 0.3) is 0 Å². The van der Waals surface area contributed by atoms with E-state index in [1.54, 1.807) is 0 Å². The molecule has 0 aromatic rings. The third-order valence-corrected chi connectivity index (χ3v) is 9.63. The van der Waals surface area contributed by atoms with Gasteiger partial charge in [-0.3, -0.25) is 9.69 Å². The number of carboxylic acid groups (broad SMARTS) is 1. The van der Waals surface area contributed by atoms with Gasteiger partial charge in [0.2, 0.25) is 0 Å². The van der Waals surface area contributed by atoms with Crippen LogP contribution in [0.2, 0.25) is 0 Å². The summed E-state index contributed by atoms with van der Waals surface area (Å²) in [5.41, 5.74) is -0.821. The zero-order valence-corrected chi connectivity index (χ0v) is 22.6. The standard InChI is InChI=1S/C28H40FN3O6/c1-28(2,3)38-27(36)31-10-6-7-15-12-30(14-20(15)31)23-18(29)11-16-22-25(23)37-21-9-5-4-8-19(21)32(22)13-17(24(16)33)26(34)35/h13,15-16,18-23,25H,4-12,14H2,1-3H3,(H,34,35). The smallest absolute Gasteiger partial charge is 0.410 e. The number of Topliss-reactive ketones (excluding diaryl/α,β-unsaturated/α-hetero) is 1. The molecule has 2 aliphatic carbocycles. The number of hydrogen-bond donors (Lipinski definition) is 1. The quantitative estimate of drug-likeness (QED) is 0.541. The van der Waals surface area contributed by atoms with E-state index in [0.717, 1.165) is 38.5 Å². The number of piperidine rings is 1. The fourth-order valence-electron chi connectivity index (χ4n) is 8.15. The second kappa shape index (κ2) is 9.47. The molecule has 6 aliphatic rings. The Morgan fingerprint density at radius 1 is 1.08 bits per heavy atom. The van der Waals surface area contributed by atoms with Crippen LogP contribution in [0, 0.1) is 11.8 Å². The number of carboxylic acids is 1. The highest BCUT2D eigenvalue weighted by Crippen LogP contribution is 2.48. The lowest BCUT2D eigenvalue weighted by Crippen LogP contribution is -2.73. The topological polar surface area (TPSA) is 99.6 Å². The van der Waals surface area contributed by atoms with E-state index in [2.05, 4.69) is 9.80 Å². The molecule has 9 atom stereocenters. The van der Waals surface area contributed by atoms with Crippen LogP contribution in [0.1, 0.15) is 65.7 Å². The van der Waals surface area contributed by atoms with Crippen LogP contribution in [0.4, 0.5) is 9.18 Å². The van der Waals surface area contributed by atoms with E-state index in [1.165, 1.54) is 6.20 Å². The van der Waals surface area contributed by atoms with E-state index in [1.807, 2.05) is 25.7 Å². The minimum atomic E-state index is -1.32. The number of halogens is 1. The van der Waals surface area contributed by atoms with Crippen LogP contribution < -0.4 is 0 Å². The molecule has 0 radical (unpaired) electrons. The maximum atomic E-state index is 16.2. The largest absolute Gasteiger partial charge is 0.478 e. The van der Waals surface area contributed by atoms with Crippen molar-refractivity contribution in [3.05, 3.63) is 11.8 Å². The molecule has 1 N–H and O–H groups in total. The van der Waals surface area contributed by atoms with E-state index in [9.17, 15) is 19.5 Å². The molecule has 2 saturated carbocycles. The van der Waals surface area contributed by atoms with Gasteiger partial charge in [-0.05, 0) is 58.8 Å². The van der Waals surface area contributed by atoms with E-state index >= 15 is 4.39 Å². The molecule has 0 aromatic carbocycles. The minimum absolute atomic E-state index is 0.00581. The minimum Gasteiger partial charge on any atom is -0.478 e. The Hall–Kier alpha value is -2.20. The number of rotatable bonds is 2. The first-order chi connectivity index (χ1) is 18.0. The van der Waals surface area contributed by atoms with E-state index in [4.69, 9.17) is 9.47 Å². The maximum Gasteiger partial charge on any atom is 0.410 e. The SMILES string of the molecule is CC(C)(C)OC(=O)N1CCCC2CN(C3C(F)CC4C(=O)C(C(=O)O)=CN5C6CCCCC6OC3C45)CC21. The lowest BCUT2D eigenvalue weighted by Gasteiger charge is -2.60. The molecule has 0 spiro atoms. The van der Waals surface area contributed by atoms with E-state index < -0.39 is 41.6 Å². The van der Waals surface area contributed by atoms with Gasteiger partial charge in [-0.15, -0.1) is 0 Å². The number of hydrogen-bond acceptors (Lipinski definition) is 7. The van der Waals surface area contributed by atoms with Crippen molar-refractivity contribution in [2.75, 3.05) is 19.6 Å². The van der Waals surface area contributed by atoms with Crippen molar-refractivity contribution in [1.82, 2.24) is 14.7 Å². The van der Waals surface area contributed by atoms with Crippen LogP contribution in [-0.4, -0.2) is 105 Å². The Kier molecular flexibility index (Phi) is 6.49. The molecule has 9 unspecified atom stereocenters. The molecular weight excluding hydrogens is 493 g/mol. The summed E-state index contributed by atoms with van der Waals surface area (Å²) in [4.78, 5) is 44.3. The Labute approximate surface area is 223 Å². The highest BCUT2D eigenvalue weighted by Gasteiger charge is 2.60. The molecule has 210 valence electrons. The van der Waals surface area contributed by atoms with Gasteiger partial charge in [-0.25, -0.2) is 14.0 Å². The van der Waals surface area contributed by atoms with Crippen molar-refractivity contribution in [2.45, 2.75) is 114 Å². The van der Waals surface area contributed by atoms with Crippen LogP contribution >= 0.6 is 0 Å². The number of likely N-dealkylation sites (tertiary alicyclic amines) is 2. The van der Waals surface area contributed by atoms with Crippen LogP contribution in [0.15, 0.2) is 11.8 Å². The lowest BCUT2D eigenvalue weighted by molar-refractivity contribution is -0.210. The molecular formula is C28H40FN3O6. The molecule has 0 bridgehead atoms. The molecule has 1 amide bonds. The number of ketones is 1. The molecule has 6 rings (SSSR count). The molecule has 9 nitrogen and oxygen atoms in total. The second-order valence-electron chi connectivity index (χ2n) is 13.1. The number of nitrogens with zero attached hydrogens (tertiary/aromatic N) is 3. The first-order valence-electron chi connectivity index (χ1n) is 14.3. The molecule has 4 heterocycles. The summed E-state index contributed by atoms with van der Waals surface area (Å²) in [7, 11) is 0. The van der Waals surface area contributed by atoms with Gasteiger partial charge in [0.05, 0.1) is 36.4 Å². The number of ether oxygens (including phenoxy) is 2. The van der Waals surface area contributed by atoms with Gasteiger partial charge in [0, 0.05) is 31.8 Å². The van der Waals surface area contributed by atoms with Gasteiger partial charge in [0.1, 0.15) is 17.3 Å².